The first kappa shape index (κ1) is 21.5. The van der Waals surface area contributed by atoms with Gasteiger partial charge < -0.3 is 18.6 Å². The van der Waals surface area contributed by atoms with Crippen molar-refractivity contribution in [2.75, 3.05) is 14.2 Å². The van der Waals surface area contributed by atoms with Crippen molar-refractivity contribution in [2.24, 2.45) is 0 Å². The second kappa shape index (κ2) is 9.55. The van der Waals surface area contributed by atoms with E-state index in [0.29, 0.717) is 28.6 Å². The Kier molecular flexibility index (Phi) is 6.85. The fourth-order valence-corrected chi connectivity index (χ4v) is 3.06. The first-order valence-corrected chi connectivity index (χ1v) is 9.71. The summed E-state index contributed by atoms with van der Waals surface area (Å²) in [7, 11) is 3.08. The maximum absolute atomic E-state index is 12.4. The average Bonchev–Trinajstić information content (AvgIpc) is 3.21. The highest BCUT2D eigenvalue weighted by atomic mass is 35.5. The van der Waals surface area contributed by atoms with Crippen LogP contribution < -0.4 is 14.2 Å². The molecular weight excluding hydrogens is 404 g/mol. The number of hydrogen-bond acceptors (Lipinski definition) is 5. The highest BCUT2D eigenvalue weighted by Gasteiger charge is 2.09. The summed E-state index contributed by atoms with van der Waals surface area (Å²) in [5, 5.41) is 0.743. The van der Waals surface area contributed by atoms with Crippen LogP contribution in [0.2, 0.25) is 5.02 Å². The number of benzene rings is 2. The molecule has 0 aliphatic carbocycles. The lowest BCUT2D eigenvalue weighted by atomic mass is 10.1. The molecule has 0 spiro atoms. The van der Waals surface area contributed by atoms with Gasteiger partial charge in [0.2, 0.25) is 0 Å². The van der Waals surface area contributed by atoms with Gasteiger partial charge in [0.15, 0.2) is 17.3 Å². The molecule has 3 aromatic rings. The Labute approximate surface area is 180 Å². The molecule has 0 amide bonds. The summed E-state index contributed by atoms with van der Waals surface area (Å²) in [4.78, 5) is 12.4. The zero-order chi connectivity index (χ0) is 21.7. The summed E-state index contributed by atoms with van der Waals surface area (Å²) >= 11 is 6.18. The van der Waals surface area contributed by atoms with Crippen LogP contribution in [0, 0.1) is 13.8 Å². The first-order chi connectivity index (χ1) is 14.4. The maximum atomic E-state index is 12.4. The Balaban J connectivity index is 1.63. The Morgan fingerprint density at radius 3 is 2.37 bits per heavy atom. The van der Waals surface area contributed by atoms with Gasteiger partial charge in [0.05, 0.1) is 14.2 Å². The van der Waals surface area contributed by atoms with Gasteiger partial charge in [0.1, 0.15) is 23.9 Å². The average molecular weight is 427 g/mol. The zero-order valence-corrected chi connectivity index (χ0v) is 18.1. The molecular formula is C24H23ClO5. The van der Waals surface area contributed by atoms with Crippen molar-refractivity contribution < 1.29 is 23.4 Å². The number of hydrogen-bond donors (Lipinski definition) is 0. The van der Waals surface area contributed by atoms with Crippen LogP contribution in [0.1, 0.15) is 33.0 Å². The number of aryl methyl sites for hydroxylation is 2. The second-order valence-corrected chi connectivity index (χ2v) is 7.11. The first-order valence-electron chi connectivity index (χ1n) is 9.34. The van der Waals surface area contributed by atoms with Gasteiger partial charge in [-0.3, -0.25) is 4.79 Å². The SMILES string of the molecule is COc1ccc(C(=O)/C=C/c2ccc(COc3cc(C)c(Cl)c(C)c3)o2)cc1OC. The van der Waals surface area contributed by atoms with E-state index in [0.717, 1.165) is 21.9 Å². The summed E-state index contributed by atoms with van der Waals surface area (Å²) in [6, 6.07) is 12.4. The molecule has 156 valence electrons. The number of allylic oxidation sites excluding steroid dienone is 1. The fraction of sp³-hybridized carbons (Fsp3) is 0.208. The molecule has 5 nitrogen and oxygen atoms in total. The van der Waals surface area contributed by atoms with E-state index >= 15 is 0 Å². The minimum absolute atomic E-state index is 0.169. The molecule has 0 saturated carbocycles. The number of ketones is 1. The lowest BCUT2D eigenvalue weighted by Gasteiger charge is -2.08. The van der Waals surface area contributed by atoms with Crippen LogP contribution in [0.3, 0.4) is 0 Å². The smallest absolute Gasteiger partial charge is 0.186 e. The van der Waals surface area contributed by atoms with Gasteiger partial charge in [-0.15, -0.1) is 0 Å². The predicted octanol–water partition coefficient (Wildman–Crippen LogP) is 6.04. The van der Waals surface area contributed by atoms with Crippen molar-refractivity contribution in [3.8, 4) is 17.2 Å². The lowest BCUT2D eigenvalue weighted by molar-refractivity contribution is 0.104. The minimum Gasteiger partial charge on any atom is -0.493 e. The van der Waals surface area contributed by atoms with E-state index in [1.54, 1.807) is 37.5 Å². The topological polar surface area (TPSA) is 57.9 Å². The number of rotatable bonds is 8. The largest absolute Gasteiger partial charge is 0.493 e. The van der Waals surface area contributed by atoms with Gasteiger partial charge in [-0.1, -0.05) is 11.6 Å². The Bertz CT molecular complexity index is 1060. The van der Waals surface area contributed by atoms with Crippen molar-refractivity contribution in [3.63, 3.8) is 0 Å². The highest BCUT2D eigenvalue weighted by Crippen LogP contribution is 2.28. The number of halogens is 1. The van der Waals surface area contributed by atoms with Gasteiger partial charge in [-0.05, 0) is 79.6 Å². The van der Waals surface area contributed by atoms with Gasteiger partial charge in [-0.2, -0.15) is 0 Å². The summed E-state index contributed by atoms with van der Waals surface area (Å²) < 4.78 is 21.9. The molecule has 0 unspecified atom stereocenters. The molecule has 0 N–H and O–H groups in total. The van der Waals surface area contributed by atoms with Crippen molar-refractivity contribution >= 4 is 23.5 Å². The van der Waals surface area contributed by atoms with Gasteiger partial charge in [0, 0.05) is 10.6 Å². The van der Waals surface area contributed by atoms with Gasteiger partial charge in [0.25, 0.3) is 0 Å². The third-order valence-electron chi connectivity index (χ3n) is 4.54. The summed E-state index contributed by atoms with van der Waals surface area (Å²) in [5.74, 6) is 2.84. The number of furan rings is 1. The van der Waals surface area contributed by atoms with E-state index in [1.807, 2.05) is 32.0 Å². The van der Waals surface area contributed by atoms with Crippen LogP contribution in [0.15, 0.2) is 53.0 Å². The van der Waals surface area contributed by atoms with Crippen molar-refractivity contribution in [1.29, 1.82) is 0 Å². The molecule has 0 atom stereocenters. The standard InChI is InChI=1S/C24H23ClO5/c1-15-11-20(12-16(2)24(15)25)29-14-19-7-6-18(30-19)8-9-21(26)17-5-10-22(27-3)23(13-17)28-4/h5-13H,14H2,1-4H3/b9-8+. The van der Waals surface area contributed by atoms with Crippen molar-refractivity contribution in [1.82, 2.24) is 0 Å². The monoisotopic (exact) mass is 426 g/mol. The number of ether oxygens (including phenoxy) is 3. The molecule has 0 radical (unpaired) electrons. The van der Waals surface area contributed by atoms with Gasteiger partial charge >= 0.3 is 0 Å². The van der Waals surface area contributed by atoms with E-state index in [2.05, 4.69) is 0 Å². The number of carbonyl (C=O) groups excluding carboxylic acids is 1. The van der Waals surface area contributed by atoms with E-state index < -0.39 is 0 Å². The summed E-state index contributed by atoms with van der Waals surface area (Å²) in [6.07, 6.45) is 3.08. The maximum Gasteiger partial charge on any atom is 0.186 e. The van der Waals surface area contributed by atoms with Crippen LogP contribution in [-0.4, -0.2) is 20.0 Å². The quantitative estimate of drug-likeness (QED) is 0.324. The normalized spacial score (nSPS) is 11.0. The molecule has 0 aliphatic heterocycles. The molecule has 0 saturated heterocycles. The molecule has 3 rings (SSSR count). The summed E-state index contributed by atoms with van der Waals surface area (Å²) in [5.41, 5.74) is 2.42. The lowest BCUT2D eigenvalue weighted by Crippen LogP contribution is -1.97. The second-order valence-electron chi connectivity index (χ2n) is 6.73. The third-order valence-corrected chi connectivity index (χ3v) is 5.14. The van der Waals surface area contributed by atoms with Crippen LogP contribution in [-0.2, 0) is 6.61 Å². The van der Waals surface area contributed by atoms with E-state index in [-0.39, 0.29) is 12.4 Å². The van der Waals surface area contributed by atoms with E-state index in [1.165, 1.54) is 13.2 Å². The molecule has 30 heavy (non-hydrogen) atoms. The van der Waals surface area contributed by atoms with Crippen molar-refractivity contribution in [2.45, 2.75) is 20.5 Å². The van der Waals surface area contributed by atoms with Crippen LogP contribution in [0.4, 0.5) is 0 Å². The predicted molar refractivity (Wildman–Crippen MR) is 117 cm³/mol. The van der Waals surface area contributed by atoms with Crippen molar-refractivity contribution in [3.05, 3.63) is 81.8 Å². The molecule has 1 aromatic heterocycles. The summed E-state index contributed by atoms with van der Waals surface area (Å²) in [6.45, 7) is 4.15. The third kappa shape index (κ3) is 5.05. The number of carbonyl (C=O) groups is 1. The Morgan fingerprint density at radius 2 is 1.70 bits per heavy atom. The fourth-order valence-electron chi connectivity index (χ4n) is 2.95. The van der Waals surface area contributed by atoms with Crippen LogP contribution in [0.5, 0.6) is 17.2 Å². The Morgan fingerprint density at radius 1 is 1.00 bits per heavy atom. The van der Waals surface area contributed by atoms with E-state index in [4.69, 9.17) is 30.2 Å². The van der Waals surface area contributed by atoms with E-state index in [9.17, 15) is 4.79 Å². The Hall–Kier alpha value is -3.18. The van der Waals surface area contributed by atoms with Crippen LogP contribution >= 0.6 is 11.6 Å². The van der Waals surface area contributed by atoms with Gasteiger partial charge in [-0.25, -0.2) is 0 Å². The van der Waals surface area contributed by atoms with Crippen LogP contribution in [0.25, 0.3) is 6.08 Å². The molecule has 1 heterocycles. The highest BCUT2D eigenvalue weighted by molar-refractivity contribution is 6.32. The molecule has 0 fully saturated rings. The molecule has 0 bridgehead atoms. The molecule has 6 heteroatoms. The molecule has 0 aliphatic rings. The molecule has 2 aromatic carbocycles. The minimum atomic E-state index is -0.169. The zero-order valence-electron chi connectivity index (χ0n) is 17.3. The number of methoxy groups -OCH3 is 2.